The topological polar surface area (TPSA) is 41.2 Å². The molecule has 1 saturated heterocycles. The van der Waals surface area contributed by atoms with Crippen LogP contribution in [0.2, 0.25) is 0 Å². The molecule has 0 saturated carbocycles. The minimum atomic E-state index is 0.341. The third kappa shape index (κ3) is 0.518. The van der Waals surface area contributed by atoms with Gasteiger partial charge in [0, 0.05) is 11.8 Å². The summed E-state index contributed by atoms with van der Waals surface area (Å²) in [6.07, 6.45) is 3.99. The van der Waals surface area contributed by atoms with E-state index in [1.165, 1.54) is 0 Å². The van der Waals surface area contributed by atoms with Crippen LogP contribution in [0, 0.1) is 0 Å². The second-order valence-electron chi connectivity index (χ2n) is 1.85. The van der Waals surface area contributed by atoms with Crippen LogP contribution in [-0.4, -0.2) is 16.8 Å². The summed E-state index contributed by atoms with van der Waals surface area (Å²) < 4.78 is 4.99. The highest BCUT2D eigenvalue weighted by molar-refractivity contribution is 5.10. The molecule has 42 valence electrons. The van der Waals surface area contributed by atoms with Gasteiger partial charge in [-0.2, -0.15) is 5.10 Å². The van der Waals surface area contributed by atoms with Crippen LogP contribution in [0.1, 0.15) is 11.7 Å². The highest BCUT2D eigenvalue weighted by atomic mass is 16.6. The first-order valence-electron chi connectivity index (χ1n) is 2.57. The van der Waals surface area contributed by atoms with E-state index in [1.807, 2.05) is 6.20 Å². The Hall–Kier alpha value is -0.830. The molecule has 1 aromatic heterocycles. The fourth-order valence-corrected chi connectivity index (χ4v) is 0.678. The fraction of sp³-hybridized carbons (Fsp3) is 0.400. The predicted octanol–water partition coefficient (Wildman–Crippen LogP) is 0.481. The van der Waals surface area contributed by atoms with Crippen molar-refractivity contribution >= 4 is 0 Å². The summed E-state index contributed by atoms with van der Waals surface area (Å²) in [5, 5.41) is 6.50. The van der Waals surface area contributed by atoms with Crippen LogP contribution in [0.15, 0.2) is 12.4 Å². The van der Waals surface area contributed by atoms with Crippen molar-refractivity contribution in [3.05, 3.63) is 18.0 Å². The molecule has 0 amide bonds. The van der Waals surface area contributed by atoms with Crippen molar-refractivity contribution in [2.75, 3.05) is 6.61 Å². The minimum Gasteiger partial charge on any atom is -0.368 e. The molecule has 0 spiro atoms. The maximum Gasteiger partial charge on any atom is 0.109 e. The summed E-state index contributed by atoms with van der Waals surface area (Å²) in [6, 6.07) is 0. The molecule has 1 N–H and O–H groups in total. The predicted molar refractivity (Wildman–Crippen MR) is 27.3 cm³/mol. The zero-order chi connectivity index (χ0) is 5.40. The third-order valence-electron chi connectivity index (χ3n) is 1.22. The quantitative estimate of drug-likeness (QED) is 0.534. The van der Waals surface area contributed by atoms with Crippen molar-refractivity contribution in [3.63, 3.8) is 0 Å². The van der Waals surface area contributed by atoms with Crippen LogP contribution in [0.5, 0.6) is 0 Å². The van der Waals surface area contributed by atoms with Crippen LogP contribution in [-0.2, 0) is 4.74 Å². The highest BCUT2D eigenvalue weighted by Gasteiger charge is 2.24. The Morgan fingerprint density at radius 3 is 3.25 bits per heavy atom. The molecule has 0 radical (unpaired) electrons. The molecule has 2 heterocycles. The Bertz CT molecular complexity index is 167. The number of epoxide rings is 1. The van der Waals surface area contributed by atoms with Gasteiger partial charge in [-0.1, -0.05) is 0 Å². The Balaban J connectivity index is 2.28. The van der Waals surface area contributed by atoms with Crippen LogP contribution in [0.4, 0.5) is 0 Å². The summed E-state index contributed by atoms with van der Waals surface area (Å²) in [6.45, 7) is 0.861. The summed E-state index contributed by atoms with van der Waals surface area (Å²) in [5.41, 5.74) is 1.16. The van der Waals surface area contributed by atoms with Crippen molar-refractivity contribution in [2.45, 2.75) is 6.10 Å². The second kappa shape index (κ2) is 1.32. The zero-order valence-electron chi connectivity index (χ0n) is 4.29. The van der Waals surface area contributed by atoms with E-state index in [-0.39, 0.29) is 0 Å². The largest absolute Gasteiger partial charge is 0.368 e. The van der Waals surface area contributed by atoms with Gasteiger partial charge in [0.15, 0.2) is 0 Å². The Labute approximate surface area is 46.7 Å². The minimum absolute atomic E-state index is 0.341. The third-order valence-corrected chi connectivity index (χ3v) is 1.22. The number of H-pyrrole nitrogens is 1. The Kier molecular flexibility index (Phi) is 0.676. The normalized spacial score (nSPS) is 25.8. The lowest BCUT2D eigenvalue weighted by Gasteiger charge is -1.77. The molecule has 8 heavy (non-hydrogen) atoms. The first kappa shape index (κ1) is 4.09. The molecule has 2 rings (SSSR count). The second-order valence-corrected chi connectivity index (χ2v) is 1.85. The summed E-state index contributed by atoms with van der Waals surface area (Å²) in [7, 11) is 0. The molecule has 1 aliphatic heterocycles. The number of hydrogen-bond donors (Lipinski definition) is 1. The Morgan fingerprint density at radius 1 is 1.88 bits per heavy atom. The van der Waals surface area contributed by atoms with E-state index in [9.17, 15) is 0 Å². The van der Waals surface area contributed by atoms with Gasteiger partial charge in [-0.05, 0) is 0 Å². The van der Waals surface area contributed by atoms with Gasteiger partial charge in [0.25, 0.3) is 0 Å². The molecular weight excluding hydrogens is 104 g/mol. The van der Waals surface area contributed by atoms with Crippen molar-refractivity contribution < 1.29 is 4.74 Å². The van der Waals surface area contributed by atoms with Crippen LogP contribution in [0.25, 0.3) is 0 Å². The van der Waals surface area contributed by atoms with Gasteiger partial charge in [0.1, 0.15) is 6.10 Å². The smallest absolute Gasteiger partial charge is 0.109 e. The van der Waals surface area contributed by atoms with E-state index >= 15 is 0 Å². The number of ether oxygens (including phenoxy) is 1. The summed E-state index contributed by atoms with van der Waals surface area (Å²) >= 11 is 0. The van der Waals surface area contributed by atoms with E-state index in [0.29, 0.717) is 6.10 Å². The molecule has 1 fully saturated rings. The number of nitrogens with one attached hydrogen (secondary N) is 1. The van der Waals surface area contributed by atoms with Gasteiger partial charge < -0.3 is 4.74 Å². The molecule has 1 aliphatic rings. The molecule has 0 aromatic carbocycles. The van der Waals surface area contributed by atoms with Crippen molar-refractivity contribution in [2.24, 2.45) is 0 Å². The maximum absolute atomic E-state index is 4.99. The van der Waals surface area contributed by atoms with Gasteiger partial charge in [-0.25, -0.2) is 0 Å². The molecule has 0 unspecified atom stereocenters. The number of aromatic amines is 1. The highest BCUT2D eigenvalue weighted by Crippen LogP contribution is 2.27. The number of aromatic nitrogens is 2. The number of nitrogens with zero attached hydrogens (tertiary/aromatic N) is 1. The van der Waals surface area contributed by atoms with Crippen LogP contribution in [0.3, 0.4) is 0 Å². The Morgan fingerprint density at radius 2 is 2.75 bits per heavy atom. The van der Waals surface area contributed by atoms with E-state index in [4.69, 9.17) is 4.74 Å². The lowest BCUT2D eigenvalue weighted by atomic mass is 10.3. The fourth-order valence-electron chi connectivity index (χ4n) is 0.678. The molecule has 1 aromatic rings. The molecule has 3 heteroatoms. The maximum atomic E-state index is 4.99. The average Bonchev–Trinajstić information content (AvgIpc) is 2.49. The van der Waals surface area contributed by atoms with Gasteiger partial charge in [-0.3, -0.25) is 5.10 Å². The van der Waals surface area contributed by atoms with Gasteiger partial charge in [0.2, 0.25) is 0 Å². The average molecular weight is 110 g/mol. The van der Waals surface area contributed by atoms with Gasteiger partial charge in [0.05, 0.1) is 12.8 Å². The van der Waals surface area contributed by atoms with Gasteiger partial charge >= 0.3 is 0 Å². The number of hydrogen-bond acceptors (Lipinski definition) is 2. The monoisotopic (exact) mass is 110 g/mol. The molecule has 0 aliphatic carbocycles. The van der Waals surface area contributed by atoms with E-state index in [2.05, 4.69) is 10.2 Å². The lowest BCUT2D eigenvalue weighted by Crippen LogP contribution is -1.69. The van der Waals surface area contributed by atoms with Crippen LogP contribution >= 0.6 is 0 Å². The van der Waals surface area contributed by atoms with E-state index in [1.54, 1.807) is 6.20 Å². The lowest BCUT2D eigenvalue weighted by molar-refractivity contribution is 0.415. The van der Waals surface area contributed by atoms with Crippen molar-refractivity contribution in [1.29, 1.82) is 0 Å². The van der Waals surface area contributed by atoms with Crippen LogP contribution < -0.4 is 0 Å². The standard InChI is InChI=1S/C5H6N2O/c1-4(2-7-6-1)5-3-8-5/h1-2,5H,3H2,(H,6,7)/t5-/m1/s1. The SMILES string of the molecule is c1n[nH]cc1[C@H]1CO1. The van der Waals surface area contributed by atoms with E-state index < -0.39 is 0 Å². The van der Waals surface area contributed by atoms with Crippen molar-refractivity contribution in [3.8, 4) is 0 Å². The molecule has 1 atom stereocenters. The van der Waals surface area contributed by atoms with Gasteiger partial charge in [-0.15, -0.1) is 0 Å². The first-order valence-corrected chi connectivity index (χ1v) is 2.57. The number of rotatable bonds is 1. The zero-order valence-corrected chi connectivity index (χ0v) is 4.29. The molecular formula is C5H6N2O. The van der Waals surface area contributed by atoms with Crippen molar-refractivity contribution in [1.82, 2.24) is 10.2 Å². The summed E-state index contributed by atoms with van der Waals surface area (Å²) in [4.78, 5) is 0. The first-order chi connectivity index (χ1) is 3.97. The summed E-state index contributed by atoms with van der Waals surface area (Å²) in [5.74, 6) is 0. The molecule has 3 nitrogen and oxygen atoms in total. The molecule has 0 bridgehead atoms. The van der Waals surface area contributed by atoms with E-state index in [0.717, 1.165) is 12.2 Å².